The van der Waals surface area contributed by atoms with Crippen molar-refractivity contribution in [3.63, 3.8) is 0 Å². The summed E-state index contributed by atoms with van der Waals surface area (Å²) in [6.45, 7) is 0. The highest BCUT2D eigenvalue weighted by Gasteiger charge is 2.06. The minimum atomic E-state index is -0.923. The molecule has 3 heteroatoms. The van der Waals surface area contributed by atoms with Crippen LogP contribution in [0.3, 0.4) is 0 Å². The van der Waals surface area contributed by atoms with Crippen LogP contribution in [-0.4, -0.2) is 17.1 Å². The van der Waals surface area contributed by atoms with Crippen LogP contribution in [0.5, 0.6) is 0 Å². The third-order valence-electron chi connectivity index (χ3n) is 3.69. The first-order chi connectivity index (χ1) is 10.2. The summed E-state index contributed by atoms with van der Waals surface area (Å²) in [4.78, 5) is 10.5. The van der Waals surface area contributed by atoms with Crippen molar-refractivity contribution in [2.45, 2.75) is 44.6 Å². The lowest BCUT2D eigenvalue weighted by Gasteiger charge is -2.16. The van der Waals surface area contributed by atoms with Gasteiger partial charge >= 0.3 is 5.97 Å². The Bertz CT molecular complexity index is 502. The van der Waals surface area contributed by atoms with Crippen LogP contribution >= 0.6 is 0 Å². The molecule has 112 valence electrons. The molecule has 0 saturated heterocycles. The van der Waals surface area contributed by atoms with E-state index >= 15 is 0 Å². The van der Waals surface area contributed by atoms with Gasteiger partial charge in [0.2, 0.25) is 0 Å². The van der Waals surface area contributed by atoms with E-state index in [1.54, 1.807) is 6.08 Å². The fourth-order valence-electron chi connectivity index (χ4n) is 2.53. The molecule has 1 aromatic rings. The van der Waals surface area contributed by atoms with Crippen molar-refractivity contribution in [1.29, 1.82) is 0 Å². The third kappa shape index (κ3) is 5.86. The average molecular weight is 285 g/mol. The van der Waals surface area contributed by atoms with Crippen LogP contribution in [0.1, 0.15) is 44.1 Å². The van der Waals surface area contributed by atoms with Crippen molar-refractivity contribution in [1.82, 2.24) is 0 Å². The number of hydrogen-bond donors (Lipinski definition) is 2. The summed E-state index contributed by atoms with van der Waals surface area (Å²) in [5.74, 6) is -0.923. The highest BCUT2D eigenvalue weighted by atomic mass is 16.4. The summed E-state index contributed by atoms with van der Waals surface area (Å²) in [5, 5.41) is 12.2. The van der Waals surface area contributed by atoms with E-state index in [1.165, 1.54) is 32.1 Å². The number of hydrogen-bond acceptors (Lipinski definition) is 2. The quantitative estimate of drug-likeness (QED) is 0.633. The molecule has 1 aromatic carbocycles. The standard InChI is InChI=1S/C18H23NO2/c20-18(21)14-11-15-9-12-17(13-10-15)19-16-7-5-3-1-2-4-6-8-16/h5,7,9-14,16,19H,1-4,6,8H2,(H,20,21). The van der Waals surface area contributed by atoms with E-state index in [0.29, 0.717) is 6.04 Å². The van der Waals surface area contributed by atoms with Crippen molar-refractivity contribution >= 4 is 17.7 Å². The molecule has 1 atom stereocenters. The number of carbonyl (C=O) groups is 1. The molecule has 1 aliphatic carbocycles. The zero-order valence-corrected chi connectivity index (χ0v) is 12.3. The number of allylic oxidation sites excluding steroid dienone is 1. The van der Waals surface area contributed by atoms with Gasteiger partial charge in [-0.2, -0.15) is 0 Å². The predicted molar refractivity (Wildman–Crippen MR) is 87.4 cm³/mol. The number of anilines is 1. The van der Waals surface area contributed by atoms with Crippen molar-refractivity contribution in [2.75, 3.05) is 5.32 Å². The first-order valence-corrected chi connectivity index (χ1v) is 7.68. The maximum Gasteiger partial charge on any atom is 0.328 e. The SMILES string of the molecule is O=C(O)C=Cc1ccc(NC2C=CCCCCCC2)cc1. The van der Waals surface area contributed by atoms with E-state index in [9.17, 15) is 4.79 Å². The number of carboxylic acids is 1. The Morgan fingerprint density at radius 1 is 1.14 bits per heavy atom. The van der Waals surface area contributed by atoms with Gasteiger partial charge in [-0.25, -0.2) is 4.79 Å². The molecule has 0 aromatic heterocycles. The van der Waals surface area contributed by atoms with Gasteiger partial charge in [0.25, 0.3) is 0 Å². The molecular formula is C18H23NO2. The Kier molecular flexibility index (Phi) is 6.07. The summed E-state index contributed by atoms with van der Waals surface area (Å²) in [6.07, 6.45) is 14.9. The lowest BCUT2D eigenvalue weighted by atomic mass is 10.1. The van der Waals surface area contributed by atoms with Crippen LogP contribution in [-0.2, 0) is 4.79 Å². The van der Waals surface area contributed by atoms with Gasteiger partial charge in [0.1, 0.15) is 0 Å². The Hall–Kier alpha value is -2.03. The summed E-state index contributed by atoms with van der Waals surface area (Å²) in [5.41, 5.74) is 1.98. The Labute approximate surface area is 126 Å². The third-order valence-corrected chi connectivity index (χ3v) is 3.69. The minimum absolute atomic E-state index is 0.392. The predicted octanol–water partition coefficient (Wildman–Crippen LogP) is 4.48. The number of carboxylic acid groups (broad SMARTS) is 1. The smallest absolute Gasteiger partial charge is 0.328 e. The first-order valence-electron chi connectivity index (χ1n) is 7.68. The highest BCUT2D eigenvalue weighted by molar-refractivity contribution is 5.85. The molecule has 2 rings (SSSR count). The van der Waals surface area contributed by atoms with Crippen molar-refractivity contribution in [3.8, 4) is 0 Å². The van der Waals surface area contributed by atoms with E-state index < -0.39 is 5.97 Å². The van der Waals surface area contributed by atoms with Gasteiger partial charge in [-0.3, -0.25) is 0 Å². The summed E-state index contributed by atoms with van der Waals surface area (Å²) < 4.78 is 0. The van der Waals surface area contributed by atoms with E-state index in [0.717, 1.165) is 23.7 Å². The first kappa shape index (κ1) is 15.4. The molecule has 0 aliphatic heterocycles. The van der Waals surface area contributed by atoms with Gasteiger partial charge in [-0.05, 0) is 43.0 Å². The molecule has 1 aliphatic rings. The molecule has 0 heterocycles. The molecule has 0 spiro atoms. The normalized spacial score (nSPS) is 19.7. The van der Waals surface area contributed by atoms with Gasteiger partial charge in [0.15, 0.2) is 0 Å². The Balaban J connectivity index is 1.95. The summed E-state index contributed by atoms with van der Waals surface area (Å²) in [7, 11) is 0. The largest absolute Gasteiger partial charge is 0.478 e. The molecule has 21 heavy (non-hydrogen) atoms. The highest BCUT2D eigenvalue weighted by Crippen LogP contribution is 2.17. The fourth-order valence-corrected chi connectivity index (χ4v) is 2.53. The van der Waals surface area contributed by atoms with E-state index in [-0.39, 0.29) is 0 Å². The number of aliphatic carboxylic acids is 1. The van der Waals surface area contributed by atoms with Crippen LogP contribution in [0.25, 0.3) is 6.08 Å². The van der Waals surface area contributed by atoms with Gasteiger partial charge in [-0.1, -0.05) is 43.5 Å². The van der Waals surface area contributed by atoms with Gasteiger partial charge in [-0.15, -0.1) is 0 Å². The number of rotatable bonds is 4. The minimum Gasteiger partial charge on any atom is -0.478 e. The maximum absolute atomic E-state index is 10.5. The summed E-state index contributed by atoms with van der Waals surface area (Å²) >= 11 is 0. The zero-order valence-electron chi connectivity index (χ0n) is 12.3. The van der Waals surface area contributed by atoms with E-state index in [2.05, 4.69) is 17.5 Å². The molecular weight excluding hydrogens is 262 g/mol. The van der Waals surface area contributed by atoms with Crippen LogP contribution in [0.15, 0.2) is 42.5 Å². The topological polar surface area (TPSA) is 49.3 Å². The molecule has 3 nitrogen and oxygen atoms in total. The second kappa shape index (κ2) is 8.30. The van der Waals surface area contributed by atoms with Crippen molar-refractivity contribution < 1.29 is 9.90 Å². The van der Waals surface area contributed by atoms with Gasteiger partial charge < -0.3 is 10.4 Å². The van der Waals surface area contributed by atoms with Crippen LogP contribution < -0.4 is 5.32 Å². The maximum atomic E-state index is 10.5. The van der Waals surface area contributed by atoms with Crippen molar-refractivity contribution in [2.24, 2.45) is 0 Å². The monoisotopic (exact) mass is 285 g/mol. The molecule has 2 N–H and O–H groups in total. The van der Waals surface area contributed by atoms with Crippen LogP contribution in [0.2, 0.25) is 0 Å². The van der Waals surface area contributed by atoms with Crippen LogP contribution in [0, 0.1) is 0 Å². The Morgan fingerprint density at radius 2 is 1.90 bits per heavy atom. The second-order valence-electron chi connectivity index (χ2n) is 5.46. The van der Waals surface area contributed by atoms with Gasteiger partial charge in [0, 0.05) is 17.8 Å². The molecule has 0 radical (unpaired) electrons. The van der Waals surface area contributed by atoms with E-state index in [1.807, 2.05) is 24.3 Å². The molecule has 1 unspecified atom stereocenters. The molecule has 0 amide bonds. The Morgan fingerprint density at radius 3 is 2.67 bits per heavy atom. The molecule has 0 saturated carbocycles. The molecule has 0 bridgehead atoms. The van der Waals surface area contributed by atoms with E-state index in [4.69, 9.17) is 5.11 Å². The number of nitrogens with one attached hydrogen (secondary N) is 1. The van der Waals surface area contributed by atoms with Crippen molar-refractivity contribution in [3.05, 3.63) is 48.1 Å². The van der Waals surface area contributed by atoms with Gasteiger partial charge in [0.05, 0.1) is 0 Å². The lowest BCUT2D eigenvalue weighted by Crippen LogP contribution is -2.16. The average Bonchev–Trinajstić information content (AvgIpc) is 2.60. The second-order valence-corrected chi connectivity index (χ2v) is 5.46. The lowest BCUT2D eigenvalue weighted by molar-refractivity contribution is -0.131. The molecule has 0 fully saturated rings. The van der Waals surface area contributed by atoms with Crippen LogP contribution in [0.4, 0.5) is 5.69 Å². The number of benzene rings is 1. The zero-order chi connectivity index (χ0) is 14.9. The summed E-state index contributed by atoms with van der Waals surface area (Å²) in [6, 6.07) is 8.26. The fraction of sp³-hybridized carbons (Fsp3) is 0.389.